The number of halogens is 1. The number of H-pyrrole nitrogens is 1. The van der Waals surface area contributed by atoms with Crippen molar-refractivity contribution < 1.29 is 72.2 Å². The smallest absolute Gasteiger partial charge is 0.327 e. The number of rotatable bonds is 26. The van der Waals surface area contributed by atoms with E-state index >= 15 is 19.2 Å². The second kappa shape index (κ2) is 39.4. The number of hydrogen-bond acceptors (Lipinski definition) is 17. The summed E-state index contributed by atoms with van der Waals surface area (Å²) >= 11 is 6.20. The molecule has 564 valence electrons. The van der Waals surface area contributed by atoms with Gasteiger partial charge < -0.3 is 90.3 Å². The van der Waals surface area contributed by atoms with Crippen LogP contribution in [0, 0.1) is 11.3 Å². The minimum absolute atomic E-state index is 0.0482. The Labute approximate surface area is 609 Å². The van der Waals surface area contributed by atoms with Crippen LogP contribution in [0.15, 0.2) is 97.2 Å². The summed E-state index contributed by atoms with van der Waals surface area (Å²) in [5, 5.41) is 51.0. The van der Waals surface area contributed by atoms with Gasteiger partial charge in [-0.3, -0.25) is 73.2 Å². The first-order valence-electron chi connectivity index (χ1n) is 34.4. The molecule has 2 aliphatic rings. The quantitative estimate of drug-likeness (QED) is 0.00681. The Morgan fingerprint density at radius 2 is 1.33 bits per heavy atom. The molecule has 0 unspecified atom stereocenters. The van der Waals surface area contributed by atoms with Crippen molar-refractivity contribution in [3.8, 4) is 0 Å². The molecule has 0 bridgehead atoms. The van der Waals surface area contributed by atoms with Crippen LogP contribution in [-0.4, -0.2) is 197 Å². The van der Waals surface area contributed by atoms with E-state index in [2.05, 4.69) is 68.8 Å². The molecule has 0 radical (unpaired) electrons. The van der Waals surface area contributed by atoms with Crippen molar-refractivity contribution in [1.82, 2.24) is 79.1 Å². The van der Waals surface area contributed by atoms with Gasteiger partial charge in [0.05, 0.1) is 19.4 Å². The van der Waals surface area contributed by atoms with Gasteiger partial charge >= 0.3 is 5.97 Å². The molecular weight excluding hydrogens is 1380 g/mol. The number of carboxylic acids is 1. The summed E-state index contributed by atoms with van der Waals surface area (Å²) in [4.78, 5) is 202. The maximum Gasteiger partial charge on any atom is 0.327 e. The van der Waals surface area contributed by atoms with Gasteiger partial charge in [0.15, 0.2) is 5.96 Å². The Bertz CT molecular complexity index is 4010. The highest BCUT2D eigenvalue weighted by Crippen LogP contribution is 2.24. The predicted octanol–water partition coefficient (Wildman–Crippen LogP) is -2.47. The molecular formula is C70H92ClN19O15. The summed E-state index contributed by atoms with van der Waals surface area (Å²) in [6.07, 6.45) is -0.772. The Morgan fingerprint density at radius 3 is 2.02 bits per heavy atom. The van der Waals surface area contributed by atoms with Crippen molar-refractivity contribution in [2.45, 2.75) is 158 Å². The van der Waals surface area contributed by atoms with E-state index in [9.17, 15) is 53.1 Å². The average molecular weight is 1480 g/mol. The first-order chi connectivity index (χ1) is 50.1. The molecule has 13 amide bonds. The van der Waals surface area contributed by atoms with E-state index in [0.29, 0.717) is 39.0 Å². The third kappa shape index (κ3) is 24.7. The number of aromatic amines is 1. The fraction of sp³-hybridized carbons (Fsp3) is 0.443. The van der Waals surface area contributed by atoms with Gasteiger partial charge in [0, 0.05) is 74.5 Å². The molecule has 105 heavy (non-hydrogen) atoms. The molecule has 1 aromatic heterocycles. The van der Waals surface area contributed by atoms with Crippen LogP contribution in [0.2, 0.25) is 5.02 Å². The summed E-state index contributed by atoms with van der Waals surface area (Å²) in [6.45, 7) is 3.44. The summed E-state index contributed by atoms with van der Waals surface area (Å²) in [5.41, 5.74) is 15.2. The van der Waals surface area contributed by atoms with Gasteiger partial charge in [-0.15, -0.1) is 0 Å². The van der Waals surface area contributed by atoms with E-state index in [1.165, 1.54) is 17.0 Å². The van der Waals surface area contributed by atoms with Crippen molar-refractivity contribution in [2.75, 3.05) is 32.7 Å². The SMILES string of the molecule is CC(=O)N[C@H]1CC(=O)NCC(=O)NCCC[C@H](C(=O)N[C@H](Cc2ccc3ccccc3c2)C(=O)N[C@@H](CC(C)C)C(=O)N[C@@H](CCCNC(=N)N)C(=O)N2CCC[C@H]2C(=O)N[C@@H](CN)C(=O)O)NC(=O)[C@H](CC(=O)NN)NC(=O)[C@@H](Cc2c[nH]c3ccccc23)NC(=O)[C@@H](Cc2ccc(Cl)cc2)NC1=O. The largest absolute Gasteiger partial charge is 0.480 e. The number of carbonyl (C=O) groups is 14. The zero-order valence-electron chi connectivity index (χ0n) is 58.3. The maximum atomic E-state index is 15.3. The van der Waals surface area contributed by atoms with E-state index in [4.69, 9.17) is 34.3 Å². The summed E-state index contributed by atoms with van der Waals surface area (Å²) < 4.78 is 0. The van der Waals surface area contributed by atoms with E-state index in [0.717, 1.165) is 17.7 Å². The third-order valence-electron chi connectivity index (χ3n) is 17.6. The minimum atomic E-state index is -1.90. The van der Waals surface area contributed by atoms with E-state index in [1.54, 1.807) is 80.7 Å². The highest BCUT2D eigenvalue weighted by atomic mass is 35.5. The molecule has 2 fully saturated rings. The number of aliphatic carboxylic acids is 1. The molecule has 34 nitrogen and oxygen atoms in total. The first kappa shape index (κ1) is 81.0. The van der Waals surface area contributed by atoms with Crippen LogP contribution in [0.25, 0.3) is 21.7 Å². The minimum Gasteiger partial charge on any atom is -0.480 e. The number of benzene rings is 4. The van der Waals surface area contributed by atoms with Gasteiger partial charge in [0.1, 0.15) is 60.4 Å². The Kier molecular flexibility index (Phi) is 30.4. The summed E-state index contributed by atoms with van der Waals surface area (Å²) in [6, 6.07) is 10.4. The van der Waals surface area contributed by atoms with E-state index in [-0.39, 0.29) is 89.3 Å². The van der Waals surface area contributed by atoms with Crippen LogP contribution in [-0.2, 0) is 86.4 Å². The number of aromatic nitrogens is 1. The van der Waals surface area contributed by atoms with Crippen LogP contribution < -0.4 is 86.5 Å². The van der Waals surface area contributed by atoms with E-state index in [1.807, 2.05) is 23.6 Å². The lowest BCUT2D eigenvalue weighted by Crippen LogP contribution is -2.61. The van der Waals surface area contributed by atoms with Crippen molar-refractivity contribution in [2.24, 2.45) is 23.2 Å². The number of nitrogens with one attached hydrogen (secondary N) is 15. The molecule has 2 saturated heterocycles. The van der Waals surface area contributed by atoms with Crippen LogP contribution >= 0.6 is 11.6 Å². The lowest BCUT2D eigenvalue weighted by Gasteiger charge is -2.31. The van der Waals surface area contributed by atoms with Crippen LogP contribution in [0.4, 0.5) is 0 Å². The van der Waals surface area contributed by atoms with Gasteiger partial charge in [0.2, 0.25) is 76.8 Å². The molecule has 0 aliphatic carbocycles. The molecule has 7 rings (SSSR count). The number of hydrogen-bond donors (Lipinski definition) is 19. The van der Waals surface area contributed by atoms with Gasteiger partial charge in [-0.25, -0.2) is 10.6 Å². The van der Waals surface area contributed by atoms with Gasteiger partial charge in [-0.2, -0.15) is 0 Å². The Hall–Kier alpha value is -11.3. The number of nitrogens with two attached hydrogens (primary N) is 3. The first-order valence-corrected chi connectivity index (χ1v) is 34.8. The molecule has 0 saturated carbocycles. The summed E-state index contributed by atoms with van der Waals surface area (Å²) in [7, 11) is 0. The maximum absolute atomic E-state index is 15.3. The van der Waals surface area contributed by atoms with Crippen LogP contribution in [0.1, 0.15) is 95.2 Å². The molecule has 35 heteroatoms. The molecule has 22 N–H and O–H groups in total. The number of likely N-dealkylation sites (tertiary alicyclic amines) is 1. The molecule has 4 aromatic carbocycles. The molecule has 5 aromatic rings. The highest BCUT2D eigenvalue weighted by Gasteiger charge is 2.41. The number of amides is 13. The second-order valence-electron chi connectivity index (χ2n) is 26.1. The monoisotopic (exact) mass is 1470 g/mol. The highest BCUT2D eigenvalue weighted by molar-refractivity contribution is 6.30. The molecule has 0 spiro atoms. The standard InChI is InChI=1S/C70H92ClN19O15/c1-37(2)27-49(61(96)82-48(16-9-25-77-70(73)74)68(103)90-26-10-17-56(90)67(102)88-55(34-72)69(104)105)83-63(98)51(30-40-18-21-41-11-4-5-12-42(41)28-40)84-60(95)47-15-8-24-76-59(94)36-79-57(92)32-53(80-38(3)91)65(100)85-50(29-39-19-22-44(71)23-20-39)62(97)86-52(31-43-35-78-46-14-7-6-13-45(43)46)64(99)87-54(66(101)81-47)33-58(93)89-75/h4-7,11-14,18-23,28,35,37,47-56,78H,8-10,15-17,24-27,29-34,36,72,75H2,1-3H3,(H,76,94)(H,79,92)(H,80,91)(H,81,101)(H,82,96)(H,83,98)(H,84,95)(H,85,100)(H,86,97)(H,87,99)(H,88,102)(H,89,93)(H,104,105)(H4,73,74,77)/t47-,48+,49+,50-,51-,52-,53+,54+,55+,56+/m1/s1. The third-order valence-corrected chi connectivity index (χ3v) is 17.8. The number of para-hydroxylation sites is 1. The van der Waals surface area contributed by atoms with Crippen LogP contribution in [0.5, 0.6) is 0 Å². The topological polar surface area (TPSA) is 537 Å². The lowest BCUT2D eigenvalue weighted by atomic mass is 9.98. The van der Waals surface area contributed by atoms with Gasteiger partial charge in [0.25, 0.3) is 0 Å². The van der Waals surface area contributed by atoms with Gasteiger partial charge in [-0.05, 0) is 96.5 Å². The molecule has 3 heterocycles. The Morgan fingerprint density at radius 1 is 0.695 bits per heavy atom. The number of carbonyl (C=O) groups excluding carboxylic acids is 13. The predicted molar refractivity (Wildman–Crippen MR) is 385 cm³/mol. The average Bonchev–Trinajstić information content (AvgIpc) is 1.52. The van der Waals surface area contributed by atoms with E-state index < -0.39 is 169 Å². The Balaban J connectivity index is 1.24. The summed E-state index contributed by atoms with van der Waals surface area (Å²) in [5.74, 6) is -8.38. The number of nitrogens with zero attached hydrogens (tertiary/aromatic N) is 1. The van der Waals surface area contributed by atoms with Crippen LogP contribution in [0.3, 0.4) is 0 Å². The zero-order chi connectivity index (χ0) is 76.4. The zero-order valence-corrected chi connectivity index (χ0v) is 59.1. The molecule has 10 atom stereocenters. The van der Waals surface area contributed by atoms with Crippen molar-refractivity contribution >= 4 is 122 Å². The van der Waals surface area contributed by atoms with Crippen molar-refractivity contribution in [1.29, 1.82) is 5.41 Å². The fourth-order valence-corrected chi connectivity index (χ4v) is 12.3. The van der Waals surface area contributed by atoms with Crippen molar-refractivity contribution in [3.63, 3.8) is 0 Å². The lowest BCUT2D eigenvalue weighted by molar-refractivity contribution is -0.145. The second-order valence-corrected chi connectivity index (χ2v) is 26.6. The molecule has 2 aliphatic heterocycles. The van der Waals surface area contributed by atoms with Crippen molar-refractivity contribution in [3.05, 3.63) is 119 Å². The number of guanidine groups is 1. The number of carboxylic acid groups (broad SMARTS) is 1. The van der Waals surface area contributed by atoms with Gasteiger partial charge in [-0.1, -0.05) is 98.2 Å². The number of hydrazine groups is 1. The fourth-order valence-electron chi connectivity index (χ4n) is 12.2. The normalized spacial score (nSPS) is 19.9. The number of fused-ring (bicyclic) bond motifs is 2.